The molecule has 1 aromatic rings. The van der Waals surface area contributed by atoms with E-state index in [9.17, 15) is 4.79 Å². The molecule has 0 aromatic carbocycles. The quantitative estimate of drug-likeness (QED) is 0.720. The lowest BCUT2D eigenvalue weighted by Crippen LogP contribution is -2.05. The van der Waals surface area contributed by atoms with Crippen LogP contribution in [0.3, 0.4) is 0 Å². The standard InChI is InChI=1S/C14H21NO3/c1-3-5-6-8-18-13-10-11(14(16)17)9-12(15-13)7-4-2/h9-10H,3-8H2,1-2H3,(H,16,17). The largest absolute Gasteiger partial charge is 0.478 e. The molecule has 1 aromatic heterocycles. The number of carboxylic acids is 1. The number of rotatable bonds is 8. The molecule has 0 aliphatic rings. The average molecular weight is 251 g/mol. The number of hydrogen-bond acceptors (Lipinski definition) is 3. The van der Waals surface area contributed by atoms with Gasteiger partial charge in [0.1, 0.15) is 0 Å². The van der Waals surface area contributed by atoms with E-state index in [-0.39, 0.29) is 5.56 Å². The Hall–Kier alpha value is -1.58. The van der Waals surface area contributed by atoms with E-state index in [1.165, 1.54) is 6.07 Å². The highest BCUT2D eigenvalue weighted by Gasteiger charge is 2.08. The molecule has 0 aliphatic carbocycles. The van der Waals surface area contributed by atoms with E-state index in [0.29, 0.717) is 12.5 Å². The molecule has 0 aliphatic heterocycles. The van der Waals surface area contributed by atoms with Crippen molar-refractivity contribution in [2.75, 3.05) is 6.61 Å². The Bertz CT molecular complexity index is 391. The number of carboxylic acid groups (broad SMARTS) is 1. The van der Waals surface area contributed by atoms with Crippen molar-refractivity contribution in [2.24, 2.45) is 0 Å². The van der Waals surface area contributed by atoms with Gasteiger partial charge in [0.25, 0.3) is 0 Å². The summed E-state index contributed by atoms with van der Waals surface area (Å²) in [5, 5.41) is 9.03. The van der Waals surface area contributed by atoms with Gasteiger partial charge in [-0.15, -0.1) is 0 Å². The molecule has 18 heavy (non-hydrogen) atoms. The molecule has 1 heterocycles. The third kappa shape index (κ3) is 4.73. The maximum Gasteiger partial charge on any atom is 0.335 e. The van der Waals surface area contributed by atoms with Gasteiger partial charge in [0.2, 0.25) is 5.88 Å². The lowest BCUT2D eigenvalue weighted by molar-refractivity contribution is 0.0696. The summed E-state index contributed by atoms with van der Waals surface area (Å²) in [7, 11) is 0. The molecule has 0 fully saturated rings. The van der Waals surface area contributed by atoms with Crippen LogP contribution in [0.25, 0.3) is 0 Å². The maximum absolute atomic E-state index is 11.0. The van der Waals surface area contributed by atoms with Crippen LogP contribution in [0.4, 0.5) is 0 Å². The van der Waals surface area contributed by atoms with Crippen LogP contribution in [-0.2, 0) is 6.42 Å². The normalized spacial score (nSPS) is 10.3. The van der Waals surface area contributed by atoms with Gasteiger partial charge in [0.15, 0.2) is 0 Å². The number of aromatic nitrogens is 1. The number of aryl methyl sites for hydroxylation is 1. The van der Waals surface area contributed by atoms with E-state index >= 15 is 0 Å². The highest BCUT2D eigenvalue weighted by molar-refractivity contribution is 5.88. The summed E-state index contributed by atoms with van der Waals surface area (Å²) in [4.78, 5) is 15.3. The van der Waals surface area contributed by atoms with Crippen LogP contribution in [0.5, 0.6) is 5.88 Å². The number of hydrogen-bond donors (Lipinski definition) is 1. The van der Waals surface area contributed by atoms with Crippen molar-refractivity contribution in [3.05, 3.63) is 23.4 Å². The van der Waals surface area contributed by atoms with Crippen molar-refractivity contribution < 1.29 is 14.6 Å². The molecule has 4 nitrogen and oxygen atoms in total. The van der Waals surface area contributed by atoms with Crippen molar-refractivity contribution in [3.8, 4) is 5.88 Å². The van der Waals surface area contributed by atoms with Crippen LogP contribution in [0.15, 0.2) is 12.1 Å². The first-order valence-electron chi connectivity index (χ1n) is 6.54. The summed E-state index contributed by atoms with van der Waals surface area (Å²) in [6, 6.07) is 3.11. The van der Waals surface area contributed by atoms with Gasteiger partial charge >= 0.3 is 5.97 Å². The lowest BCUT2D eigenvalue weighted by Gasteiger charge is -2.08. The first-order chi connectivity index (χ1) is 8.67. The molecule has 0 radical (unpaired) electrons. The van der Waals surface area contributed by atoms with E-state index in [2.05, 4.69) is 11.9 Å². The van der Waals surface area contributed by atoms with E-state index in [1.54, 1.807) is 6.07 Å². The summed E-state index contributed by atoms with van der Waals surface area (Å²) >= 11 is 0. The molecular weight excluding hydrogens is 230 g/mol. The maximum atomic E-state index is 11.0. The summed E-state index contributed by atoms with van der Waals surface area (Å²) in [6.45, 7) is 4.76. The van der Waals surface area contributed by atoms with E-state index in [4.69, 9.17) is 9.84 Å². The molecule has 0 atom stereocenters. The van der Waals surface area contributed by atoms with E-state index < -0.39 is 5.97 Å². The molecule has 1 N–H and O–H groups in total. The topological polar surface area (TPSA) is 59.4 Å². The fraction of sp³-hybridized carbons (Fsp3) is 0.571. The van der Waals surface area contributed by atoms with Gasteiger partial charge in [-0.2, -0.15) is 0 Å². The minimum absolute atomic E-state index is 0.249. The Morgan fingerprint density at radius 2 is 2.06 bits per heavy atom. The zero-order valence-corrected chi connectivity index (χ0v) is 11.1. The molecule has 0 unspecified atom stereocenters. The second kappa shape index (κ2) is 7.69. The van der Waals surface area contributed by atoms with E-state index in [1.807, 2.05) is 6.92 Å². The van der Waals surface area contributed by atoms with Crippen molar-refractivity contribution >= 4 is 5.97 Å². The summed E-state index contributed by atoms with van der Waals surface area (Å²) in [5.74, 6) is -0.511. The Morgan fingerprint density at radius 1 is 1.28 bits per heavy atom. The molecule has 0 saturated heterocycles. The first kappa shape index (κ1) is 14.5. The smallest absolute Gasteiger partial charge is 0.335 e. The van der Waals surface area contributed by atoms with Crippen molar-refractivity contribution in [3.63, 3.8) is 0 Å². The highest BCUT2D eigenvalue weighted by atomic mass is 16.5. The Kier molecular flexibility index (Phi) is 6.19. The van der Waals surface area contributed by atoms with Gasteiger partial charge < -0.3 is 9.84 Å². The van der Waals surface area contributed by atoms with Gasteiger partial charge in [-0.1, -0.05) is 33.1 Å². The third-order valence-electron chi connectivity index (χ3n) is 2.61. The number of pyridine rings is 1. The minimum Gasteiger partial charge on any atom is -0.478 e. The molecule has 4 heteroatoms. The zero-order valence-electron chi connectivity index (χ0n) is 11.1. The lowest BCUT2D eigenvalue weighted by atomic mass is 10.1. The Labute approximate surface area is 108 Å². The SMILES string of the molecule is CCCCCOc1cc(C(=O)O)cc(CCC)n1. The Balaban J connectivity index is 2.72. The van der Waals surface area contributed by atoms with Gasteiger partial charge in [-0.3, -0.25) is 0 Å². The predicted molar refractivity (Wildman–Crippen MR) is 70.2 cm³/mol. The van der Waals surface area contributed by atoms with Crippen LogP contribution in [0.2, 0.25) is 0 Å². The Morgan fingerprint density at radius 3 is 2.67 bits per heavy atom. The number of ether oxygens (including phenoxy) is 1. The molecule has 0 saturated carbocycles. The fourth-order valence-corrected chi connectivity index (χ4v) is 1.67. The summed E-state index contributed by atoms with van der Waals surface area (Å²) in [5.41, 5.74) is 1.03. The van der Waals surface area contributed by atoms with Gasteiger partial charge in [-0.25, -0.2) is 9.78 Å². The fourth-order valence-electron chi connectivity index (χ4n) is 1.67. The van der Waals surface area contributed by atoms with Crippen molar-refractivity contribution in [1.82, 2.24) is 4.98 Å². The second-order valence-corrected chi connectivity index (χ2v) is 4.30. The number of carbonyl (C=O) groups is 1. The molecule has 1 rings (SSSR count). The van der Waals surface area contributed by atoms with Crippen LogP contribution >= 0.6 is 0 Å². The van der Waals surface area contributed by atoms with Crippen LogP contribution < -0.4 is 4.74 Å². The number of aromatic carboxylic acids is 1. The van der Waals surface area contributed by atoms with Gasteiger partial charge in [0.05, 0.1) is 12.2 Å². The number of unbranched alkanes of at least 4 members (excludes halogenated alkanes) is 2. The minimum atomic E-state index is -0.937. The second-order valence-electron chi connectivity index (χ2n) is 4.30. The molecule has 0 amide bonds. The van der Waals surface area contributed by atoms with Crippen LogP contribution in [0, 0.1) is 0 Å². The van der Waals surface area contributed by atoms with Crippen molar-refractivity contribution in [2.45, 2.75) is 46.0 Å². The molecule has 0 spiro atoms. The molecule has 100 valence electrons. The summed E-state index contributed by atoms with van der Waals surface area (Å²) in [6.07, 6.45) is 4.92. The summed E-state index contributed by atoms with van der Waals surface area (Å²) < 4.78 is 5.51. The molecule has 0 bridgehead atoms. The van der Waals surface area contributed by atoms with E-state index in [0.717, 1.165) is 37.8 Å². The third-order valence-corrected chi connectivity index (χ3v) is 2.61. The van der Waals surface area contributed by atoms with Crippen LogP contribution in [-0.4, -0.2) is 22.7 Å². The average Bonchev–Trinajstić information content (AvgIpc) is 2.35. The zero-order chi connectivity index (χ0) is 13.4. The van der Waals surface area contributed by atoms with Crippen molar-refractivity contribution in [1.29, 1.82) is 0 Å². The molecular formula is C14H21NO3. The highest BCUT2D eigenvalue weighted by Crippen LogP contribution is 2.15. The number of nitrogens with zero attached hydrogens (tertiary/aromatic N) is 1. The van der Waals surface area contributed by atoms with Gasteiger partial charge in [-0.05, 0) is 18.9 Å². The van der Waals surface area contributed by atoms with Gasteiger partial charge in [0, 0.05) is 11.8 Å². The predicted octanol–water partition coefficient (Wildman–Crippen LogP) is 3.30. The van der Waals surface area contributed by atoms with Crippen LogP contribution in [0.1, 0.15) is 55.6 Å². The monoisotopic (exact) mass is 251 g/mol. The first-order valence-corrected chi connectivity index (χ1v) is 6.54.